The number of nitrogens with two attached hydrogens (primary N) is 1. The molecule has 0 saturated heterocycles. The molecular formula is C21H28N2O3. The fourth-order valence-corrected chi connectivity index (χ4v) is 5.96. The van der Waals surface area contributed by atoms with Crippen LogP contribution in [0.25, 0.3) is 0 Å². The number of nitrogens with one attached hydrogen (secondary N) is 1. The van der Waals surface area contributed by atoms with Gasteiger partial charge in [-0.2, -0.15) is 0 Å². The molecule has 4 aliphatic carbocycles. The monoisotopic (exact) mass is 356 g/mol. The summed E-state index contributed by atoms with van der Waals surface area (Å²) in [7, 11) is 1.88. The van der Waals surface area contributed by atoms with Crippen molar-refractivity contribution in [1.82, 2.24) is 5.32 Å². The lowest BCUT2D eigenvalue weighted by Gasteiger charge is -2.61. The largest absolute Gasteiger partial charge is 0.378 e. The molecule has 0 aromatic heterocycles. The molecule has 0 aliphatic heterocycles. The first-order chi connectivity index (χ1) is 12.4. The van der Waals surface area contributed by atoms with Gasteiger partial charge in [-0.25, -0.2) is 0 Å². The Morgan fingerprint density at radius 3 is 2.31 bits per heavy atom. The van der Waals surface area contributed by atoms with Crippen molar-refractivity contribution in [2.45, 2.75) is 62.6 Å². The van der Waals surface area contributed by atoms with E-state index in [1.807, 2.05) is 31.4 Å². The molecule has 1 aromatic rings. The van der Waals surface area contributed by atoms with Gasteiger partial charge >= 0.3 is 0 Å². The van der Waals surface area contributed by atoms with Crippen LogP contribution in [0.4, 0.5) is 0 Å². The lowest BCUT2D eigenvalue weighted by Crippen LogP contribution is -2.64. The standard InChI is InChI=1S/C21H28N2O3/c1-26-21-10-16-6-17(11-21)9-20(8-16,13-21)23-12-15-4-2-14(3-5-15)7-18(24)19(22)25/h2-5,16-17,23H,6-13H2,1H3,(H2,22,25). The van der Waals surface area contributed by atoms with Gasteiger partial charge in [0.2, 0.25) is 5.78 Å². The van der Waals surface area contributed by atoms with E-state index >= 15 is 0 Å². The van der Waals surface area contributed by atoms with E-state index in [2.05, 4.69) is 5.32 Å². The molecule has 0 spiro atoms. The average molecular weight is 356 g/mol. The maximum absolute atomic E-state index is 11.4. The Bertz CT molecular complexity index is 698. The Balaban J connectivity index is 1.40. The number of ether oxygens (including phenoxy) is 1. The summed E-state index contributed by atoms with van der Waals surface area (Å²) in [6.07, 6.45) is 7.55. The van der Waals surface area contributed by atoms with Crippen molar-refractivity contribution >= 4 is 11.7 Å². The summed E-state index contributed by atoms with van der Waals surface area (Å²) in [4.78, 5) is 22.3. The molecule has 4 bridgehead atoms. The highest BCUT2D eigenvalue weighted by Gasteiger charge is 2.57. The molecule has 1 amide bonds. The Hall–Kier alpha value is -1.72. The van der Waals surface area contributed by atoms with Gasteiger partial charge in [0.15, 0.2) is 0 Å². The predicted octanol–water partition coefficient (Wildman–Crippen LogP) is 2.11. The van der Waals surface area contributed by atoms with Crippen molar-refractivity contribution in [3.63, 3.8) is 0 Å². The molecule has 4 aliphatic rings. The smallest absolute Gasteiger partial charge is 0.285 e. The number of rotatable bonds is 7. The van der Waals surface area contributed by atoms with Crippen LogP contribution < -0.4 is 11.1 Å². The zero-order valence-electron chi connectivity index (χ0n) is 15.4. The molecule has 0 radical (unpaired) electrons. The SMILES string of the molecule is COC12CC3CC(CC(NCc4ccc(CC(=O)C(N)=O)cc4)(C3)C1)C2. The maximum Gasteiger partial charge on any atom is 0.285 e. The normalized spacial score (nSPS) is 34.8. The van der Waals surface area contributed by atoms with E-state index in [9.17, 15) is 9.59 Å². The van der Waals surface area contributed by atoms with Crippen LogP contribution in [0.5, 0.6) is 0 Å². The van der Waals surface area contributed by atoms with Crippen LogP contribution in [0.3, 0.4) is 0 Å². The quantitative estimate of drug-likeness (QED) is 0.733. The molecule has 1 aromatic carbocycles. The molecule has 4 fully saturated rings. The van der Waals surface area contributed by atoms with E-state index < -0.39 is 11.7 Å². The number of carbonyl (C=O) groups is 2. The minimum Gasteiger partial charge on any atom is -0.378 e. The Morgan fingerprint density at radius 1 is 1.12 bits per heavy atom. The minimum absolute atomic E-state index is 0.0761. The van der Waals surface area contributed by atoms with Gasteiger partial charge in [0.05, 0.1) is 5.60 Å². The number of benzene rings is 1. The zero-order valence-corrected chi connectivity index (χ0v) is 15.4. The van der Waals surface area contributed by atoms with Crippen LogP contribution in [0, 0.1) is 11.8 Å². The molecule has 5 nitrogen and oxygen atoms in total. The minimum atomic E-state index is -0.871. The Labute approximate surface area is 154 Å². The van der Waals surface area contributed by atoms with Crippen LogP contribution in [0.2, 0.25) is 0 Å². The second kappa shape index (κ2) is 6.46. The second-order valence-electron chi connectivity index (χ2n) is 8.76. The lowest BCUT2D eigenvalue weighted by atomic mass is 9.51. The molecule has 4 saturated carbocycles. The summed E-state index contributed by atoms with van der Waals surface area (Å²) >= 11 is 0. The fraction of sp³-hybridized carbons (Fsp3) is 0.619. The number of primary amides is 1. The number of carbonyl (C=O) groups excluding carboxylic acids is 2. The summed E-state index contributed by atoms with van der Waals surface area (Å²) in [6.45, 7) is 0.823. The van der Waals surface area contributed by atoms with Crippen molar-refractivity contribution in [2.75, 3.05) is 7.11 Å². The van der Waals surface area contributed by atoms with Gasteiger partial charge in [-0.3, -0.25) is 9.59 Å². The number of ketones is 1. The van der Waals surface area contributed by atoms with Gasteiger partial charge < -0.3 is 15.8 Å². The van der Waals surface area contributed by atoms with E-state index in [0.29, 0.717) is 0 Å². The highest BCUT2D eigenvalue weighted by atomic mass is 16.5. The van der Waals surface area contributed by atoms with Crippen molar-refractivity contribution in [3.05, 3.63) is 35.4 Å². The van der Waals surface area contributed by atoms with Gasteiger partial charge in [0, 0.05) is 25.6 Å². The number of Topliss-reactive ketones (excluding diaryl/α,β-unsaturated/α-hetero) is 1. The summed E-state index contributed by atoms with van der Waals surface area (Å²) in [5.74, 6) is 0.177. The highest BCUT2D eigenvalue weighted by Crippen LogP contribution is 2.58. The third-order valence-electron chi connectivity index (χ3n) is 6.77. The molecule has 3 N–H and O–H groups in total. The van der Waals surface area contributed by atoms with E-state index in [0.717, 1.165) is 30.4 Å². The summed E-state index contributed by atoms with van der Waals surface area (Å²) in [5.41, 5.74) is 7.34. The van der Waals surface area contributed by atoms with Crippen molar-refractivity contribution in [2.24, 2.45) is 17.6 Å². The molecule has 5 rings (SSSR count). The summed E-state index contributed by atoms with van der Waals surface area (Å²) in [6, 6.07) is 7.88. The van der Waals surface area contributed by atoms with Crippen LogP contribution in [-0.2, 0) is 27.3 Å². The summed E-state index contributed by atoms with van der Waals surface area (Å²) in [5, 5.41) is 3.86. The molecule has 26 heavy (non-hydrogen) atoms. The Morgan fingerprint density at radius 2 is 1.73 bits per heavy atom. The van der Waals surface area contributed by atoms with Crippen molar-refractivity contribution in [3.8, 4) is 0 Å². The molecular weight excluding hydrogens is 328 g/mol. The number of amides is 1. The molecule has 5 heteroatoms. The number of hydrogen-bond acceptors (Lipinski definition) is 4. The van der Waals surface area contributed by atoms with Gasteiger partial charge in [-0.1, -0.05) is 24.3 Å². The van der Waals surface area contributed by atoms with Crippen molar-refractivity contribution in [1.29, 1.82) is 0 Å². The van der Waals surface area contributed by atoms with E-state index in [1.165, 1.54) is 37.7 Å². The maximum atomic E-state index is 11.4. The number of hydrogen-bond donors (Lipinski definition) is 2. The lowest BCUT2D eigenvalue weighted by molar-refractivity contribution is -0.161. The van der Waals surface area contributed by atoms with Crippen molar-refractivity contribution < 1.29 is 14.3 Å². The molecule has 140 valence electrons. The highest BCUT2D eigenvalue weighted by molar-refractivity contribution is 6.35. The third kappa shape index (κ3) is 3.30. The molecule has 2 unspecified atom stereocenters. The zero-order chi connectivity index (χ0) is 18.4. The van der Waals surface area contributed by atoms with Gasteiger partial charge in [0.1, 0.15) is 0 Å². The van der Waals surface area contributed by atoms with E-state index in [4.69, 9.17) is 10.5 Å². The van der Waals surface area contributed by atoms with Gasteiger partial charge in [0.25, 0.3) is 5.91 Å². The Kier molecular flexibility index (Phi) is 4.40. The summed E-state index contributed by atoms with van der Waals surface area (Å²) < 4.78 is 5.99. The van der Waals surface area contributed by atoms with E-state index in [1.54, 1.807) is 0 Å². The molecule has 0 heterocycles. The first-order valence-corrected chi connectivity index (χ1v) is 9.62. The first-order valence-electron chi connectivity index (χ1n) is 9.62. The molecule has 2 atom stereocenters. The van der Waals surface area contributed by atoms with E-state index in [-0.39, 0.29) is 17.6 Å². The second-order valence-corrected chi connectivity index (χ2v) is 8.76. The first kappa shape index (κ1) is 17.7. The fourth-order valence-electron chi connectivity index (χ4n) is 5.96. The van der Waals surface area contributed by atoms with Crippen LogP contribution >= 0.6 is 0 Å². The van der Waals surface area contributed by atoms with Gasteiger partial charge in [-0.05, 0) is 61.5 Å². The topological polar surface area (TPSA) is 81.4 Å². The van der Waals surface area contributed by atoms with Crippen LogP contribution in [-0.4, -0.2) is 29.9 Å². The third-order valence-corrected chi connectivity index (χ3v) is 6.77. The predicted molar refractivity (Wildman–Crippen MR) is 98.3 cm³/mol. The number of methoxy groups -OCH3 is 1. The van der Waals surface area contributed by atoms with Gasteiger partial charge in [-0.15, -0.1) is 0 Å². The van der Waals surface area contributed by atoms with Crippen LogP contribution in [0.15, 0.2) is 24.3 Å². The average Bonchev–Trinajstić information content (AvgIpc) is 2.60. The van der Waals surface area contributed by atoms with Crippen LogP contribution in [0.1, 0.15) is 49.7 Å².